The summed E-state index contributed by atoms with van der Waals surface area (Å²) in [7, 11) is 0. The molecule has 7 nitrogen and oxygen atoms in total. The minimum Gasteiger partial charge on any atom is -0.493 e. The zero-order valence-corrected chi connectivity index (χ0v) is 16.0. The number of hydrogen-bond acceptors (Lipinski definition) is 6. The van der Waals surface area contributed by atoms with Gasteiger partial charge in [-0.25, -0.2) is 9.97 Å². The van der Waals surface area contributed by atoms with Crippen molar-refractivity contribution in [3.63, 3.8) is 0 Å². The van der Waals surface area contributed by atoms with Crippen molar-refractivity contribution in [3.05, 3.63) is 36.5 Å². The van der Waals surface area contributed by atoms with Crippen molar-refractivity contribution in [2.75, 3.05) is 13.2 Å². The van der Waals surface area contributed by atoms with E-state index in [9.17, 15) is 4.79 Å². The maximum atomic E-state index is 11.0. The van der Waals surface area contributed by atoms with E-state index >= 15 is 0 Å². The van der Waals surface area contributed by atoms with Crippen molar-refractivity contribution in [1.82, 2.24) is 15.3 Å². The molecule has 2 heterocycles. The number of nitrogens with zero attached hydrogens (tertiary/aromatic N) is 2. The Labute approximate surface area is 163 Å². The summed E-state index contributed by atoms with van der Waals surface area (Å²) in [5.74, 6) is 2.50. The van der Waals surface area contributed by atoms with E-state index in [1.165, 1.54) is 19.8 Å². The van der Waals surface area contributed by atoms with Gasteiger partial charge in [0.1, 0.15) is 29.3 Å². The van der Waals surface area contributed by atoms with Gasteiger partial charge in [-0.15, -0.1) is 0 Å². The van der Waals surface area contributed by atoms with Gasteiger partial charge in [0, 0.05) is 13.0 Å². The zero-order valence-electron chi connectivity index (χ0n) is 16.0. The molecule has 1 aliphatic rings. The fourth-order valence-corrected chi connectivity index (χ4v) is 2.81. The van der Waals surface area contributed by atoms with E-state index in [1.807, 2.05) is 31.2 Å². The lowest BCUT2D eigenvalue weighted by Crippen LogP contribution is -2.35. The van der Waals surface area contributed by atoms with Crippen molar-refractivity contribution < 1.29 is 18.7 Å². The molecule has 1 amide bonds. The van der Waals surface area contributed by atoms with Gasteiger partial charge in [0.25, 0.3) is 0 Å². The smallest absolute Gasteiger partial charge is 0.246 e. The molecule has 28 heavy (non-hydrogen) atoms. The van der Waals surface area contributed by atoms with Crippen molar-refractivity contribution in [2.24, 2.45) is 5.92 Å². The van der Waals surface area contributed by atoms with E-state index in [4.69, 9.17) is 13.9 Å². The van der Waals surface area contributed by atoms with Crippen molar-refractivity contribution in [3.8, 4) is 23.1 Å². The molecule has 0 spiro atoms. The van der Waals surface area contributed by atoms with E-state index in [0.29, 0.717) is 35.4 Å². The van der Waals surface area contributed by atoms with Gasteiger partial charge in [-0.05, 0) is 49.9 Å². The van der Waals surface area contributed by atoms with E-state index in [1.54, 1.807) is 12.3 Å². The van der Waals surface area contributed by atoms with Crippen molar-refractivity contribution >= 4 is 17.0 Å². The van der Waals surface area contributed by atoms with Gasteiger partial charge in [-0.1, -0.05) is 0 Å². The maximum Gasteiger partial charge on any atom is 0.246 e. The van der Waals surface area contributed by atoms with E-state index < -0.39 is 0 Å². The number of aromatic nitrogens is 2. The molecule has 4 rings (SSSR count). The Morgan fingerprint density at radius 1 is 1.25 bits per heavy atom. The second-order valence-electron chi connectivity index (χ2n) is 7.19. The molecule has 7 heteroatoms. The Bertz CT molecular complexity index is 963. The molecule has 1 aliphatic carbocycles. The quantitative estimate of drug-likeness (QED) is 0.642. The third-order valence-electron chi connectivity index (χ3n) is 4.45. The highest BCUT2D eigenvalue weighted by Gasteiger charge is 2.22. The fourth-order valence-electron chi connectivity index (χ4n) is 2.81. The molecule has 0 aliphatic heterocycles. The SMILES string of the molecule is CC(=O)N[C@@H](C)COc1ccc(-c2nc3cc(OCC4CC4)ccc3o2)nc1. The van der Waals surface area contributed by atoms with Gasteiger partial charge in [-0.3, -0.25) is 4.79 Å². The fraction of sp³-hybridized carbons (Fsp3) is 0.381. The first-order valence-corrected chi connectivity index (χ1v) is 9.46. The number of amides is 1. The minimum absolute atomic E-state index is 0.0782. The molecule has 0 unspecified atom stereocenters. The monoisotopic (exact) mass is 381 g/mol. The highest BCUT2D eigenvalue weighted by molar-refractivity contribution is 5.77. The lowest BCUT2D eigenvalue weighted by Gasteiger charge is -2.13. The molecule has 1 aromatic carbocycles. The number of rotatable bonds is 8. The summed E-state index contributed by atoms with van der Waals surface area (Å²) in [6.07, 6.45) is 4.14. The Hall–Kier alpha value is -3.09. The predicted octanol–water partition coefficient (Wildman–Crippen LogP) is 3.58. The first-order chi connectivity index (χ1) is 13.6. The molecule has 0 saturated heterocycles. The highest BCUT2D eigenvalue weighted by Crippen LogP contribution is 2.31. The summed E-state index contributed by atoms with van der Waals surface area (Å²) in [6, 6.07) is 9.20. The molecule has 0 radical (unpaired) electrons. The van der Waals surface area contributed by atoms with Crippen LogP contribution in [-0.4, -0.2) is 35.1 Å². The number of carbonyl (C=O) groups excluding carboxylic acids is 1. The first kappa shape index (κ1) is 18.3. The largest absolute Gasteiger partial charge is 0.493 e. The summed E-state index contributed by atoms with van der Waals surface area (Å²) in [4.78, 5) is 19.9. The average Bonchev–Trinajstić information content (AvgIpc) is 3.41. The van der Waals surface area contributed by atoms with E-state index in [2.05, 4.69) is 15.3 Å². The number of pyridine rings is 1. The normalized spacial score (nSPS) is 14.6. The van der Waals surface area contributed by atoms with Crippen LogP contribution in [0.3, 0.4) is 0 Å². The van der Waals surface area contributed by atoms with Crippen LogP contribution in [0.15, 0.2) is 40.9 Å². The number of benzene rings is 1. The molecular weight excluding hydrogens is 358 g/mol. The Balaban J connectivity index is 1.41. The number of nitrogens with one attached hydrogen (secondary N) is 1. The Kier molecular flexibility index (Phi) is 5.14. The molecule has 0 bridgehead atoms. The van der Waals surface area contributed by atoms with Crippen molar-refractivity contribution in [2.45, 2.75) is 32.7 Å². The van der Waals surface area contributed by atoms with Crippen molar-refractivity contribution in [1.29, 1.82) is 0 Å². The van der Waals surface area contributed by atoms with Gasteiger partial charge in [0.2, 0.25) is 11.8 Å². The molecular formula is C21H23N3O4. The first-order valence-electron chi connectivity index (χ1n) is 9.46. The number of ether oxygens (including phenoxy) is 2. The highest BCUT2D eigenvalue weighted by atomic mass is 16.5. The van der Waals surface area contributed by atoms with Gasteiger partial charge in [0.15, 0.2) is 5.58 Å². The maximum absolute atomic E-state index is 11.0. The zero-order chi connectivity index (χ0) is 19.5. The number of oxazole rings is 1. The van der Waals surface area contributed by atoms with Gasteiger partial charge in [0.05, 0.1) is 18.8 Å². The van der Waals surface area contributed by atoms with Crippen LogP contribution < -0.4 is 14.8 Å². The standard InChI is InChI=1S/C21H23N3O4/c1-13(23-14(2)25)11-26-17-5-7-18(22-10-17)21-24-19-9-16(6-8-20(19)28-21)27-12-15-3-4-15/h5-10,13,15H,3-4,11-12H2,1-2H3,(H,23,25)/t13-/m0/s1. The third kappa shape index (κ3) is 4.60. The van der Waals surface area contributed by atoms with E-state index in [0.717, 1.165) is 17.9 Å². The summed E-state index contributed by atoms with van der Waals surface area (Å²) in [5, 5.41) is 2.77. The summed E-state index contributed by atoms with van der Waals surface area (Å²) in [5.41, 5.74) is 2.06. The average molecular weight is 381 g/mol. The summed E-state index contributed by atoms with van der Waals surface area (Å²) in [6.45, 7) is 4.49. The number of carbonyl (C=O) groups is 1. The van der Waals surface area contributed by atoms with Crippen LogP contribution in [0.5, 0.6) is 11.5 Å². The molecule has 3 aromatic rings. The molecule has 146 valence electrons. The second-order valence-corrected chi connectivity index (χ2v) is 7.19. The van der Waals surface area contributed by atoms with E-state index in [-0.39, 0.29) is 11.9 Å². The van der Waals surface area contributed by atoms with Gasteiger partial charge < -0.3 is 19.2 Å². The third-order valence-corrected chi connectivity index (χ3v) is 4.45. The summed E-state index contributed by atoms with van der Waals surface area (Å²) >= 11 is 0. The number of hydrogen-bond donors (Lipinski definition) is 1. The van der Waals surface area contributed by atoms with Gasteiger partial charge in [-0.2, -0.15) is 0 Å². The van der Waals surface area contributed by atoms with Crippen LogP contribution in [0.1, 0.15) is 26.7 Å². The molecule has 1 atom stereocenters. The lowest BCUT2D eigenvalue weighted by molar-refractivity contribution is -0.119. The Morgan fingerprint density at radius 3 is 2.79 bits per heavy atom. The van der Waals surface area contributed by atoms with Crippen LogP contribution in [0, 0.1) is 5.92 Å². The van der Waals surface area contributed by atoms with Crippen LogP contribution in [0.2, 0.25) is 0 Å². The van der Waals surface area contributed by atoms with Crippen LogP contribution in [0.25, 0.3) is 22.7 Å². The summed E-state index contributed by atoms with van der Waals surface area (Å²) < 4.78 is 17.3. The number of fused-ring (bicyclic) bond motifs is 1. The van der Waals surface area contributed by atoms with Crippen LogP contribution >= 0.6 is 0 Å². The van der Waals surface area contributed by atoms with Crippen LogP contribution in [0.4, 0.5) is 0 Å². The van der Waals surface area contributed by atoms with Crippen LogP contribution in [-0.2, 0) is 4.79 Å². The second kappa shape index (κ2) is 7.88. The predicted molar refractivity (Wildman–Crippen MR) is 104 cm³/mol. The molecule has 1 saturated carbocycles. The van der Waals surface area contributed by atoms with Gasteiger partial charge >= 0.3 is 0 Å². The topological polar surface area (TPSA) is 86.5 Å². The molecule has 1 fully saturated rings. The minimum atomic E-state index is -0.0818. The molecule has 2 aromatic heterocycles. The lowest BCUT2D eigenvalue weighted by atomic mass is 10.3. The Morgan fingerprint density at radius 2 is 2.07 bits per heavy atom. The molecule has 1 N–H and O–H groups in total.